The first kappa shape index (κ1) is 9.71. The van der Waals surface area contributed by atoms with E-state index in [0.29, 0.717) is 12.6 Å². The highest BCUT2D eigenvalue weighted by Gasteiger charge is 2.21. The minimum Gasteiger partial charge on any atom is -0.330 e. The van der Waals surface area contributed by atoms with Gasteiger partial charge in [-0.15, -0.1) is 0 Å². The Balaban J connectivity index is 2.42. The minimum absolute atomic E-state index is 0.612. The Labute approximate surface area is 85.3 Å². The van der Waals surface area contributed by atoms with Crippen molar-refractivity contribution in [2.45, 2.75) is 45.6 Å². The molecule has 2 heterocycles. The van der Waals surface area contributed by atoms with Crippen molar-refractivity contribution in [2.24, 2.45) is 5.73 Å². The fourth-order valence-corrected chi connectivity index (χ4v) is 2.46. The molecule has 78 valence electrons. The second-order valence-electron chi connectivity index (χ2n) is 4.21. The van der Waals surface area contributed by atoms with Gasteiger partial charge in [0.2, 0.25) is 0 Å². The number of nitrogens with zero attached hydrogens (tertiary/aromatic N) is 2. The van der Waals surface area contributed by atoms with Gasteiger partial charge in [0.1, 0.15) is 5.82 Å². The third kappa shape index (κ3) is 1.46. The molecular formula is C11H19N3. The van der Waals surface area contributed by atoms with Crippen LogP contribution >= 0.6 is 0 Å². The molecule has 0 saturated carbocycles. The van der Waals surface area contributed by atoms with Crippen LogP contribution in [0.4, 0.5) is 0 Å². The molecule has 3 nitrogen and oxygen atoms in total. The summed E-state index contributed by atoms with van der Waals surface area (Å²) in [5.74, 6) is 1.19. The predicted molar refractivity (Wildman–Crippen MR) is 57.4 cm³/mol. The standard InChI is InChI=1S/C11H19N3/c1-8-4-3-5-10-9(2)13-11(6-7-12)14(8)10/h8H,3-7,12H2,1-2H3. The van der Waals surface area contributed by atoms with E-state index >= 15 is 0 Å². The molecule has 1 aliphatic rings. The predicted octanol–water partition coefficient (Wildman–Crippen LogP) is 1.59. The maximum absolute atomic E-state index is 5.60. The van der Waals surface area contributed by atoms with Crippen LogP contribution in [0.5, 0.6) is 0 Å². The van der Waals surface area contributed by atoms with Gasteiger partial charge in [0, 0.05) is 18.2 Å². The van der Waals surface area contributed by atoms with Crippen LogP contribution in [0.2, 0.25) is 0 Å². The first-order chi connectivity index (χ1) is 6.74. The van der Waals surface area contributed by atoms with Gasteiger partial charge in [0.25, 0.3) is 0 Å². The van der Waals surface area contributed by atoms with Crippen molar-refractivity contribution in [3.63, 3.8) is 0 Å². The lowest BCUT2D eigenvalue weighted by molar-refractivity contribution is 0.418. The quantitative estimate of drug-likeness (QED) is 0.775. The van der Waals surface area contributed by atoms with Crippen LogP contribution in [0.1, 0.15) is 43.0 Å². The summed E-state index contributed by atoms with van der Waals surface area (Å²) < 4.78 is 2.41. The molecule has 1 aromatic rings. The largest absolute Gasteiger partial charge is 0.330 e. The first-order valence-electron chi connectivity index (χ1n) is 5.50. The van der Waals surface area contributed by atoms with E-state index in [0.717, 1.165) is 6.42 Å². The van der Waals surface area contributed by atoms with Gasteiger partial charge in [-0.1, -0.05) is 0 Å². The lowest BCUT2D eigenvalue weighted by Crippen LogP contribution is -2.19. The summed E-state index contributed by atoms with van der Waals surface area (Å²) >= 11 is 0. The smallest absolute Gasteiger partial charge is 0.110 e. The van der Waals surface area contributed by atoms with Crippen LogP contribution in [-0.2, 0) is 12.8 Å². The number of aryl methyl sites for hydroxylation is 1. The Bertz CT molecular complexity index is 328. The van der Waals surface area contributed by atoms with E-state index in [9.17, 15) is 0 Å². The van der Waals surface area contributed by atoms with Crippen LogP contribution in [0.25, 0.3) is 0 Å². The van der Waals surface area contributed by atoms with E-state index in [4.69, 9.17) is 5.73 Å². The Kier molecular flexibility index (Phi) is 2.59. The number of rotatable bonds is 2. The van der Waals surface area contributed by atoms with Gasteiger partial charge in [-0.2, -0.15) is 0 Å². The molecule has 0 amide bonds. The second kappa shape index (κ2) is 3.73. The monoisotopic (exact) mass is 193 g/mol. The van der Waals surface area contributed by atoms with Crippen molar-refractivity contribution in [1.29, 1.82) is 0 Å². The molecule has 0 aliphatic carbocycles. The van der Waals surface area contributed by atoms with Crippen molar-refractivity contribution in [1.82, 2.24) is 9.55 Å². The molecule has 0 spiro atoms. The first-order valence-corrected chi connectivity index (χ1v) is 5.50. The van der Waals surface area contributed by atoms with E-state index in [1.165, 1.54) is 36.5 Å². The molecule has 0 aromatic carbocycles. The van der Waals surface area contributed by atoms with E-state index in [1.54, 1.807) is 0 Å². The van der Waals surface area contributed by atoms with Crippen molar-refractivity contribution in [3.05, 3.63) is 17.2 Å². The van der Waals surface area contributed by atoms with Gasteiger partial charge in [0.05, 0.1) is 5.69 Å². The fourth-order valence-electron chi connectivity index (χ4n) is 2.46. The molecule has 0 saturated heterocycles. The third-order valence-corrected chi connectivity index (χ3v) is 3.13. The Morgan fingerprint density at radius 1 is 1.57 bits per heavy atom. The summed E-state index contributed by atoms with van der Waals surface area (Å²) in [5, 5.41) is 0. The molecule has 14 heavy (non-hydrogen) atoms. The third-order valence-electron chi connectivity index (χ3n) is 3.13. The molecule has 1 atom stereocenters. The minimum atomic E-state index is 0.612. The summed E-state index contributed by atoms with van der Waals surface area (Å²) in [6.07, 6.45) is 4.68. The van der Waals surface area contributed by atoms with Crippen molar-refractivity contribution < 1.29 is 0 Å². The highest BCUT2D eigenvalue weighted by Crippen LogP contribution is 2.28. The topological polar surface area (TPSA) is 43.8 Å². The van der Waals surface area contributed by atoms with E-state index in [2.05, 4.69) is 23.4 Å². The Morgan fingerprint density at radius 3 is 3.07 bits per heavy atom. The lowest BCUT2D eigenvalue weighted by atomic mass is 10.0. The van der Waals surface area contributed by atoms with Gasteiger partial charge in [0.15, 0.2) is 0 Å². The highest BCUT2D eigenvalue weighted by molar-refractivity contribution is 5.19. The normalized spacial score (nSPS) is 20.9. The molecule has 0 bridgehead atoms. The maximum atomic E-state index is 5.60. The maximum Gasteiger partial charge on any atom is 0.110 e. The van der Waals surface area contributed by atoms with Gasteiger partial charge in [-0.3, -0.25) is 0 Å². The molecular weight excluding hydrogens is 174 g/mol. The molecule has 1 aliphatic heterocycles. The van der Waals surface area contributed by atoms with Crippen LogP contribution in [0.3, 0.4) is 0 Å². The van der Waals surface area contributed by atoms with Crippen LogP contribution in [-0.4, -0.2) is 16.1 Å². The molecule has 0 radical (unpaired) electrons. The summed E-state index contributed by atoms with van der Waals surface area (Å²) in [6.45, 7) is 5.09. The van der Waals surface area contributed by atoms with Crippen LogP contribution in [0.15, 0.2) is 0 Å². The zero-order valence-corrected chi connectivity index (χ0v) is 9.08. The number of hydrogen-bond acceptors (Lipinski definition) is 2. The lowest BCUT2D eigenvalue weighted by Gasteiger charge is -2.24. The average molecular weight is 193 g/mol. The molecule has 1 unspecified atom stereocenters. The zero-order chi connectivity index (χ0) is 10.1. The van der Waals surface area contributed by atoms with Crippen molar-refractivity contribution >= 4 is 0 Å². The molecule has 2 N–H and O–H groups in total. The highest BCUT2D eigenvalue weighted by atomic mass is 15.1. The average Bonchev–Trinajstić information content (AvgIpc) is 2.46. The summed E-state index contributed by atoms with van der Waals surface area (Å²) in [7, 11) is 0. The van der Waals surface area contributed by atoms with Gasteiger partial charge >= 0.3 is 0 Å². The molecule has 0 fully saturated rings. The van der Waals surface area contributed by atoms with E-state index in [-0.39, 0.29) is 0 Å². The van der Waals surface area contributed by atoms with Crippen LogP contribution < -0.4 is 5.73 Å². The number of fused-ring (bicyclic) bond motifs is 1. The Hall–Kier alpha value is -0.830. The van der Waals surface area contributed by atoms with Gasteiger partial charge in [-0.05, 0) is 39.7 Å². The fraction of sp³-hybridized carbons (Fsp3) is 0.727. The summed E-state index contributed by atoms with van der Waals surface area (Å²) in [4.78, 5) is 4.62. The number of nitrogens with two attached hydrogens (primary N) is 1. The molecule has 2 rings (SSSR count). The summed E-state index contributed by atoms with van der Waals surface area (Å²) in [6, 6.07) is 0.612. The second-order valence-corrected chi connectivity index (χ2v) is 4.21. The van der Waals surface area contributed by atoms with Gasteiger partial charge < -0.3 is 10.3 Å². The Morgan fingerprint density at radius 2 is 2.36 bits per heavy atom. The zero-order valence-electron chi connectivity index (χ0n) is 9.08. The van der Waals surface area contributed by atoms with E-state index in [1.807, 2.05) is 0 Å². The molecule has 1 aromatic heterocycles. The van der Waals surface area contributed by atoms with Crippen molar-refractivity contribution in [3.8, 4) is 0 Å². The number of aromatic nitrogens is 2. The van der Waals surface area contributed by atoms with Crippen LogP contribution in [0, 0.1) is 6.92 Å². The SMILES string of the molecule is Cc1nc(CCN)n2c1CCCC2C. The summed E-state index contributed by atoms with van der Waals surface area (Å²) in [5.41, 5.74) is 8.24. The number of hydrogen-bond donors (Lipinski definition) is 1. The van der Waals surface area contributed by atoms with Crippen molar-refractivity contribution in [2.75, 3.05) is 6.54 Å². The van der Waals surface area contributed by atoms with E-state index < -0.39 is 0 Å². The number of imidazole rings is 1. The molecule has 3 heteroatoms. The van der Waals surface area contributed by atoms with Gasteiger partial charge in [-0.25, -0.2) is 4.98 Å².